The van der Waals surface area contributed by atoms with Crippen LogP contribution in [0.25, 0.3) is 11.4 Å². The van der Waals surface area contributed by atoms with Crippen molar-refractivity contribution in [1.29, 1.82) is 0 Å². The Bertz CT molecular complexity index is 699. The van der Waals surface area contributed by atoms with Gasteiger partial charge in [-0.3, -0.25) is 4.98 Å². The van der Waals surface area contributed by atoms with E-state index in [4.69, 9.17) is 0 Å². The average Bonchev–Trinajstić information content (AvgIpc) is 3.30. The number of rotatable bonds is 7. The third-order valence-corrected chi connectivity index (χ3v) is 6.63. The van der Waals surface area contributed by atoms with Crippen LogP contribution in [0, 0.1) is 0 Å². The van der Waals surface area contributed by atoms with E-state index in [1.807, 2.05) is 33.0 Å². The summed E-state index contributed by atoms with van der Waals surface area (Å²) >= 11 is 1.37. The van der Waals surface area contributed by atoms with E-state index in [9.17, 15) is 4.21 Å². The van der Waals surface area contributed by atoms with Crippen LogP contribution in [-0.2, 0) is 11.0 Å². The molecule has 0 spiro atoms. The number of aromatic nitrogens is 3. The number of nitrogens with zero attached hydrogens (tertiary/aromatic N) is 3. The molecule has 5 nitrogen and oxygen atoms in total. The van der Waals surface area contributed by atoms with E-state index in [0.29, 0.717) is 5.92 Å². The lowest BCUT2D eigenvalue weighted by Gasteiger charge is -2.13. The minimum Gasteiger partial charge on any atom is -0.261 e. The molecule has 2 aromatic rings. The van der Waals surface area contributed by atoms with Gasteiger partial charge in [-0.05, 0) is 56.8 Å². The number of hydrogen-bond donors (Lipinski definition) is 1. The minimum absolute atomic E-state index is 0.0687. The van der Waals surface area contributed by atoms with Gasteiger partial charge in [-0.2, -0.15) is 4.37 Å². The molecule has 1 aliphatic rings. The first-order valence-electron chi connectivity index (χ1n) is 8.05. The summed E-state index contributed by atoms with van der Waals surface area (Å²) in [5.41, 5.74) is 2.16. The van der Waals surface area contributed by atoms with Crippen LogP contribution in [0.4, 0.5) is 0 Å². The van der Waals surface area contributed by atoms with E-state index in [2.05, 4.69) is 25.1 Å². The van der Waals surface area contributed by atoms with Gasteiger partial charge in [0.05, 0.1) is 17.0 Å². The lowest BCUT2D eigenvalue weighted by atomic mass is 10.2. The van der Waals surface area contributed by atoms with Crippen molar-refractivity contribution in [2.45, 2.75) is 57.2 Å². The van der Waals surface area contributed by atoms with Crippen LogP contribution >= 0.6 is 11.5 Å². The fourth-order valence-corrected chi connectivity index (χ4v) is 3.95. The Hall–Kier alpha value is -1.18. The molecule has 1 N–H and O–H groups in total. The zero-order chi connectivity index (χ0) is 16.4. The van der Waals surface area contributed by atoms with Crippen molar-refractivity contribution < 1.29 is 4.21 Å². The van der Waals surface area contributed by atoms with Gasteiger partial charge in [-0.25, -0.2) is 13.9 Å². The summed E-state index contributed by atoms with van der Waals surface area (Å²) in [5.74, 6) is 1.35. The molecule has 0 amide bonds. The van der Waals surface area contributed by atoms with Gasteiger partial charge in [0, 0.05) is 28.6 Å². The predicted octanol–water partition coefficient (Wildman–Crippen LogP) is 3.59. The predicted molar refractivity (Wildman–Crippen MR) is 94.6 cm³/mol. The second kappa shape index (κ2) is 7.15. The van der Waals surface area contributed by atoms with Crippen molar-refractivity contribution >= 4 is 22.5 Å². The van der Waals surface area contributed by atoms with Crippen LogP contribution in [0.15, 0.2) is 18.3 Å². The van der Waals surface area contributed by atoms with E-state index >= 15 is 0 Å². The lowest BCUT2D eigenvalue weighted by Crippen LogP contribution is -2.28. The van der Waals surface area contributed by atoms with Gasteiger partial charge in [0.15, 0.2) is 5.82 Å². The summed E-state index contributed by atoms with van der Waals surface area (Å²) in [6.07, 6.45) is 5.18. The van der Waals surface area contributed by atoms with Crippen molar-refractivity contribution in [3.8, 4) is 11.4 Å². The highest BCUT2D eigenvalue weighted by atomic mass is 32.2. The van der Waals surface area contributed by atoms with Crippen molar-refractivity contribution in [3.05, 3.63) is 29.0 Å². The monoisotopic (exact) mass is 350 g/mol. The first-order chi connectivity index (χ1) is 11.1. The Morgan fingerprint density at radius 1 is 1.43 bits per heavy atom. The van der Waals surface area contributed by atoms with Crippen LogP contribution < -0.4 is 4.72 Å². The van der Waals surface area contributed by atoms with Gasteiger partial charge in [0.1, 0.15) is 5.01 Å². The van der Waals surface area contributed by atoms with Gasteiger partial charge in [0.25, 0.3) is 0 Å². The maximum absolute atomic E-state index is 12.1. The molecule has 3 atom stereocenters. The molecule has 2 aromatic heterocycles. The topological polar surface area (TPSA) is 67.8 Å². The number of hydrogen-bond acceptors (Lipinski definition) is 5. The summed E-state index contributed by atoms with van der Waals surface area (Å²) in [7, 11) is -1.05. The molecule has 1 aliphatic carbocycles. The molecule has 0 radical (unpaired) electrons. The zero-order valence-electron chi connectivity index (χ0n) is 13.7. The van der Waals surface area contributed by atoms with Crippen LogP contribution in [-0.4, -0.2) is 23.8 Å². The van der Waals surface area contributed by atoms with Crippen LogP contribution in [0.3, 0.4) is 0 Å². The van der Waals surface area contributed by atoms with E-state index in [0.717, 1.165) is 28.5 Å². The third kappa shape index (κ3) is 4.02. The van der Waals surface area contributed by atoms with E-state index in [1.165, 1.54) is 24.4 Å². The molecule has 0 aliphatic heterocycles. The zero-order valence-corrected chi connectivity index (χ0v) is 15.3. The van der Waals surface area contributed by atoms with E-state index < -0.39 is 11.0 Å². The Balaban J connectivity index is 1.72. The van der Waals surface area contributed by atoms with E-state index in [-0.39, 0.29) is 11.3 Å². The van der Waals surface area contributed by atoms with Gasteiger partial charge >= 0.3 is 0 Å². The van der Waals surface area contributed by atoms with Crippen molar-refractivity contribution in [1.82, 2.24) is 19.1 Å². The van der Waals surface area contributed by atoms with E-state index in [1.54, 1.807) is 0 Å². The second-order valence-electron chi connectivity index (χ2n) is 6.06. The molecule has 3 rings (SSSR count). The van der Waals surface area contributed by atoms with Gasteiger partial charge in [-0.15, -0.1) is 0 Å². The Morgan fingerprint density at radius 2 is 2.22 bits per heavy atom. The smallest absolute Gasteiger partial charge is 0.173 e. The summed E-state index contributed by atoms with van der Waals surface area (Å²) in [5, 5.41) is 0.993. The first kappa shape index (κ1) is 16.7. The van der Waals surface area contributed by atoms with Crippen molar-refractivity contribution in [3.63, 3.8) is 0 Å². The molecule has 3 unspecified atom stereocenters. The molecule has 124 valence electrons. The highest BCUT2D eigenvalue weighted by Crippen LogP contribution is 2.39. The minimum atomic E-state index is -1.05. The summed E-state index contributed by atoms with van der Waals surface area (Å²) < 4.78 is 19.7. The Kier molecular flexibility index (Phi) is 5.18. The van der Waals surface area contributed by atoms with Crippen molar-refractivity contribution in [2.24, 2.45) is 0 Å². The quantitative estimate of drug-likeness (QED) is 0.828. The first-order valence-corrected chi connectivity index (χ1v) is 10.0. The summed E-state index contributed by atoms with van der Waals surface area (Å²) in [6.45, 7) is 6.00. The number of pyridine rings is 1. The van der Waals surface area contributed by atoms with Gasteiger partial charge in [-0.1, -0.05) is 6.92 Å². The highest BCUT2D eigenvalue weighted by molar-refractivity contribution is 7.83. The van der Waals surface area contributed by atoms with Crippen molar-refractivity contribution in [2.75, 3.05) is 0 Å². The molecule has 1 saturated carbocycles. The number of nitrogens with one attached hydrogen (secondary N) is 1. The molecule has 0 bridgehead atoms. The fraction of sp³-hybridized carbons (Fsp3) is 0.562. The highest BCUT2D eigenvalue weighted by Gasteiger charge is 2.25. The maximum Gasteiger partial charge on any atom is 0.173 e. The summed E-state index contributed by atoms with van der Waals surface area (Å²) in [6, 6.07) is 3.98. The second-order valence-corrected chi connectivity index (χ2v) is 8.47. The summed E-state index contributed by atoms with van der Waals surface area (Å²) in [4.78, 5) is 9.05. The molecular weight excluding hydrogens is 328 g/mol. The Labute approximate surface area is 143 Å². The molecule has 7 heteroatoms. The lowest BCUT2D eigenvalue weighted by molar-refractivity contribution is 0.636. The average molecular weight is 351 g/mol. The molecular formula is C16H22N4OS2. The Morgan fingerprint density at radius 3 is 2.91 bits per heavy atom. The van der Waals surface area contributed by atoms with Gasteiger partial charge in [0.2, 0.25) is 0 Å². The molecule has 1 fully saturated rings. The molecule has 2 heterocycles. The third-order valence-electron chi connectivity index (χ3n) is 4.08. The standard InChI is InChI=1S/C16H22N4OS2/c1-4-10(2)23(21)20-11(3)16-18-15(19-22-16)13-7-8-17-14(9-13)12-5-6-12/h7-12,20H,4-6H2,1-3H3. The SMILES string of the molecule is CCC(C)S(=O)NC(C)c1nc(-c2ccnc(C3CC3)c2)ns1. The maximum atomic E-state index is 12.1. The van der Waals surface area contributed by atoms with Gasteiger partial charge < -0.3 is 0 Å². The van der Waals surface area contributed by atoms with Crippen LogP contribution in [0.5, 0.6) is 0 Å². The molecule has 0 aromatic carbocycles. The molecule has 23 heavy (non-hydrogen) atoms. The fourth-order valence-electron chi connectivity index (χ4n) is 2.21. The normalized spacial score (nSPS) is 18.6. The largest absolute Gasteiger partial charge is 0.261 e. The molecule has 0 saturated heterocycles. The van der Waals surface area contributed by atoms with Crippen LogP contribution in [0.2, 0.25) is 0 Å². The van der Waals surface area contributed by atoms with Crippen LogP contribution in [0.1, 0.15) is 62.7 Å².